The number of hydrogen-bond acceptors (Lipinski definition) is 4. The summed E-state index contributed by atoms with van der Waals surface area (Å²) in [6.07, 6.45) is 0. The lowest BCUT2D eigenvalue weighted by Gasteiger charge is -2.21. The van der Waals surface area contributed by atoms with Crippen molar-refractivity contribution in [2.45, 2.75) is 26.5 Å². The molecule has 0 aliphatic rings. The third-order valence-corrected chi connectivity index (χ3v) is 4.78. The Morgan fingerprint density at radius 2 is 1.90 bits per heavy atom. The number of hydrogen-bond donors (Lipinski definition) is 2. The number of likely N-dealkylation sites (N-methyl/N-ethyl adjacent to an activating group) is 1. The molecule has 0 aliphatic heterocycles. The van der Waals surface area contributed by atoms with Gasteiger partial charge in [-0.3, -0.25) is 4.79 Å². The zero-order valence-corrected chi connectivity index (χ0v) is 17.4. The Balaban J connectivity index is 1.70. The Kier molecular flexibility index (Phi) is 6.67. The van der Waals surface area contributed by atoms with Crippen molar-refractivity contribution < 1.29 is 19.0 Å². The van der Waals surface area contributed by atoms with E-state index in [1.807, 2.05) is 56.3 Å². The fourth-order valence-electron chi connectivity index (χ4n) is 3.18. The van der Waals surface area contributed by atoms with Crippen molar-refractivity contribution >= 4 is 5.91 Å². The Hall–Kier alpha value is -3.12. The molecule has 152 valence electrons. The molecule has 0 unspecified atom stereocenters. The molecule has 1 atom stereocenters. The van der Waals surface area contributed by atoms with E-state index < -0.39 is 0 Å². The molecule has 3 rings (SSSR count). The summed E-state index contributed by atoms with van der Waals surface area (Å²) < 4.78 is 11.0. The second-order valence-corrected chi connectivity index (χ2v) is 7.47. The SMILES string of the molecule is Cc1noc(C)c1COc1cccc(C(=O)N[C@H](C[NH+](C)C)c2ccccc2)c1. The number of nitrogens with one attached hydrogen (secondary N) is 2. The van der Waals surface area contributed by atoms with Gasteiger partial charge in [0, 0.05) is 5.56 Å². The van der Waals surface area contributed by atoms with Gasteiger partial charge in [0.1, 0.15) is 30.7 Å². The van der Waals surface area contributed by atoms with Crippen LogP contribution in [0.3, 0.4) is 0 Å². The standard InChI is InChI=1S/C23H27N3O3/c1-16-21(17(2)29-25-16)15-28-20-12-8-11-19(13-20)23(27)24-22(14-26(3)4)18-9-6-5-7-10-18/h5-13,22H,14-15H2,1-4H3,(H,24,27)/p+1/t22-/m1/s1. The quantitative estimate of drug-likeness (QED) is 0.616. The highest BCUT2D eigenvalue weighted by Gasteiger charge is 2.19. The molecule has 0 spiro atoms. The lowest BCUT2D eigenvalue weighted by atomic mass is 10.1. The van der Waals surface area contributed by atoms with Crippen LogP contribution in [-0.4, -0.2) is 31.7 Å². The fourth-order valence-corrected chi connectivity index (χ4v) is 3.18. The maximum atomic E-state index is 12.9. The Morgan fingerprint density at radius 1 is 1.14 bits per heavy atom. The second kappa shape index (κ2) is 9.39. The van der Waals surface area contributed by atoms with E-state index in [1.54, 1.807) is 12.1 Å². The van der Waals surface area contributed by atoms with E-state index in [-0.39, 0.29) is 11.9 Å². The van der Waals surface area contributed by atoms with Crippen molar-refractivity contribution in [3.05, 3.63) is 82.7 Å². The highest BCUT2D eigenvalue weighted by molar-refractivity contribution is 5.94. The average Bonchev–Trinajstić information content (AvgIpc) is 3.04. The average molecular weight is 394 g/mol. The number of nitrogens with zero attached hydrogens (tertiary/aromatic N) is 1. The molecule has 2 N–H and O–H groups in total. The largest absolute Gasteiger partial charge is 0.489 e. The smallest absolute Gasteiger partial charge is 0.252 e. The zero-order chi connectivity index (χ0) is 20.8. The highest BCUT2D eigenvalue weighted by Crippen LogP contribution is 2.19. The maximum Gasteiger partial charge on any atom is 0.252 e. The first-order valence-electron chi connectivity index (χ1n) is 9.73. The molecular weight excluding hydrogens is 366 g/mol. The van der Waals surface area contributed by atoms with Crippen molar-refractivity contribution in [2.24, 2.45) is 0 Å². The fraction of sp³-hybridized carbons (Fsp3) is 0.304. The van der Waals surface area contributed by atoms with Gasteiger partial charge in [-0.1, -0.05) is 41.6 Å². The minimum atomic E-state index is -0.122. The summed E-state index contributed by atoms with van der Waals surface area (Å²) in [5.41, 5.74) is 3.40. The maximum absolute atomic E-state index is 12.9. The van der Waals surface area contributed by atoms with Crippen LogP contribution in [0.1, 0.15) is 39.0 Å². The third-order valence-electron chi connectivity index (χ3n) is 4.78. The molecule has 1 amide bonds. The van der Waals surface area contributed by atoms with Gasteiger partial charge < -0.3 is 19.5 Å². The van der Waals surface area contributed by atoms with Crippen LogP contribution in [0.5, 0.6) is 5.75 Å². The summed E-state index contributed by atoms with van der Waals surface area (Å²) in [5.74, 6) is 1.25. The van der Waals surface area contributed by atoms with Gasteiger partial charge in [-0.2, -0.15) is 0 Å². The van der Waals surface area contributed by atoms with E-state index >= 15 is 0 Å². The monoisotopic (exact) mass is 394 g/mol. The molecular formula is C23H28N3O3+. The van der Waals surface area contributed by atoms with Gasteiger partial charge in [0.2, 0.25) is 0 Å². The predicted molar refractivity (Wildman–Crippen MR) is 111 cm³/mol. The predicted octanol–water partition coefficient (Wildman–Crippen LogP) is 2.49. The van der Waals surface area contributed by atoms with Gasteiger partial charge in [-0.05, 0) is 37.6 Å². The number of benzene rings is 2. The van der Waals surface area contributed by atoms with Gasteiger partial charge in [0.25, 0.3) is 5.91 Å². The molecule has 6 heteroatoms. The van der Waals surface area contributed by atoms with Crippen molar-refractivity contribution in [1.82, 2.24) is 10.5 Å². The topological polar surface area (TPSA) is 68.8 Å². The molecule has 29 heavy (non-hydrogen) atoms. The lowest BCUT2D eigenvalue weighted by molar-refractivity contribution is -0.860. The molecule has 0 saturated heterocycles. The second-order valence-electron chi connectivity index (χ2n) is 7.47. The van der Waals surface area contributed by atoms with Crippen molar-refractivity contribution in [3.8, 4) is 5.75 Å². The number of ether oxygens (including phenoxy) is 1. The van der Waals surface area contributed by atoms with Crippen LogP contribution in [0, 0.1) is 13.8 Å². The molecule has 0 saturated carbocycles. The molecule has 6 nitrogen and oxygen atoms in total. The van der Waals surface area contributed by atoms with E-state index in [0.717, 1.165) is 29.1 Å². The summed E-state index contributed by atoms with van der Waals surface area (Å²) in [5, 5.41) is 7.09. The first-order chi connectivity index (χ1) is 13.9. The van der Waals surface area contributed by atoms with Crippen LogP contribution in [0.15, 0.2) is 59.1 Å². The number of quaternary nitrogens is 1. The highest BCUT2D eigenvalue weighted by atomic mass is 16.5. The summed E-state index contributed by atoms with van der Waals surface area (Å²) in [6, 6.07) is 17.2. The number of carbonyl (C=O) groups is 1. The summed E-state index contributed by atoms with van der Waals surface area (Å²) in [7, 11) is 4.15. The number of aryl methyl sites for hydroxylation is 2. The molecule has 3 aromatic rings. The van der Waals surface area contributed by atoms with Crippen molar-refractivity contribution in [1.29, 1.82) is 0 Å². The molecule has 0 fully saturated rings. The molecule has 0 aliphatic carbocycles. The van der Waals surface area contributed by atoms with Gasteiger partial charge in [-0.15, -0.1) is 0 Å². The van der Waals surface area contributed by atoms with E-state index in [0.29, 0.717) is 17.9 Å². The van der Waals surface area contributed by atoms with E-state index in [1.165, 1.54) is 4.90 Å². The van der Waals surface area contributed by atoms with Crippen LogP contribution >= 0.6 is 0 Å². The van der Waals surface area contributed by atoms with Crippen LogP contribution in [0.4, 0.5) is 0 Å². The van der Waals surface area contributed by atoms with Gasteiger partial charge in [0.05, 0.1) is 25.4 Å². The van der Waals surface area contributed by atoms with Crippen LogP contribution in [0.2, 0.25) is 0 Å². The molecule has 0 bridgehead atoms. The first-order valence-corrected chi connectivity index (χ1v) is 9.73. The number of rotatable bonds is 8. The molecule has 0 radical (unpaired) electrons. The van der Waals surface area contributed by atoms with Crippen LogP contribution < -0.4 is 15.0 Å². The van der Waals surface area contributed by atoms with Gasteiger partial charge >= 0.3 is 0 Å². The minimum Gasteiger partial charge on any atom is -0.489 e. The minimum absolute atomic E-state index is 0.0689. The molecule has 1 aromatic heterocycles. The van der Waals surface area contributed by atoms with E-state index in [2.05, 4.69) is 24.6 Å². The van der Waals surface area contributed by atoms with Crippen LogP contribution in [-0.2, 0) is 6.61 Å². The summed E-state index contributed by atoms with van der Waals surface area (Å²) >= 11 is 0. The van der Waals surface area contributed by atoms with Crippen molar-refractivity contribution in [2.75, 3.05) is 20.6 Å². The van der Waals surface area contributed by atoms with Crippen LogP contribution in [0.25, 0.3) is 0 Å². The van der Waals surface area contributed by atoms with E-state index in [9.17, 15) is 4.79 Å². The molecule has 1 heterocycles. The normalized spacial score (nSPS) is 12.0. The van der Waals surface area contributed by atoms with E-state index in [4.69, 9.17) is 9.26 Å². The summed E-state index contributed by atoms with van der Waals surface area (Å²) in [6.45, 7) is 4.88. The Bertz CT molecular complexity index is 932. The third kappa shape index (κ3) is 5.45. The number of amides is 1. The number of aromatic nitrogens is 1. The van der Waals surface area contributed by atoms with Gasteiger partial charge in [0.15, 0.2) is 0 Å². The first kappa shape index (κ1) is 20.6. The number of carbonyl (C=O) groups excluding carboxylic acids is 1. The zero-order valence-electron chi connectivity index (χ0n) is 17.4. The molecule has 2 aromatic carbocycles. The Morgan fingerprint density at radius 3 is 2.55 bits per heavy atom. The van der Waals surface area contributed by atoms with Gasteiger partial charge in [-0.25, -0.2) is 0 Å². The lowest BCUT2D eigenvalue weighted by Crippen LogP contribution is -3.06. The summed E-state index contributed by atoms with van der Waals surface area (Å²) in [4.78, 5) is 14.2. The Labute approximate surface area is 171 Å². The van der Waals surface area contributed by atoms with Crippen molar-refractivity contribution in [3.63, 3.8) is 0 Å².